The van der Waals surface area contributed by atoms with Crippen molar-refractivity contribution in [3.63, 3.8) is 0 Å². The maximum atomic E-state index is 12.0. The van der Waals surface area contributed by atoms with Crippen LogP contribution in [0.4, 0.5) is 5.69 Å². The molecule has 0 aliphatic carbocycles. The van der Waals surface area contributed by atoms with Gasteiger partial charge in [0.2, 0.25) is 10.0 Å². The van der Waals surface area contributed by atoms with Crippen LogP contribution in [0.15, 0.2) is 23.1 Å². The molecule has 5 nitrogen and oxygen atoms in total. The minimum Gasteiger partial charge on any atom is -0.397 e. The SMILES string of the molecule is CC(CNS(=O)(=O)c1ccc(Cl)c(N)c1)N(C)C. The average molecular weight is 292 g/mol. The van der Waals surface area contributed by atoms with Crippen molar-refractivity contribution in [1.29, 1.82) is 0 Å². The van der Waals surface area contributed by atoms with E-state index in [9.17, 15) is 8.42 Å². The minimum atomic E-state index is -3.54. The van der Waals surface area contributed by atoms with Crippen LogP contribution >= 0.6 is 11.6 Å². The molecule has 3 N–H and O–H groups in total. The number of benzene rings is 1. The smallest absolute Gasteiger partial charge is 0.240 e. The number of hydrogen-bond donors (Lipinski definition) is 2. The average Bonchev–Trinajstić information content (AvgIpc) is 2.29. The Balaban J connectivity index is 2.83. The molecule has 0 spiro atoms. The first-order valence-electron chi connectivity index (χ1n) is 5.45. The predicted molar refractivity (Wildman–Crippen MR) is 74.2 cm³/mol. The highest BCUT2D eigenvalue weighted by Crippen LogP contribution is 2.22. The number of halogens is 1. The molecule has 0 saturated carbocycles. The second kappa shape index (κ2) is 5.88. The molecule has 18 heavy (non-hydrogen) atoms. The minimum absolute atomic E-state index is 0.101. The second-order valence-electron chi connectivity index (χ2n) is 4.35. The number of nitrogen functional groups attached to an aromatic ring is 1. The molecule has 0 radical (unpaired) electrons. The van der Waals surface area contributed by atoms with Crippen LogP contribution in [0.3, 0.4) is 0 Å². The van der Waals surface area contributed by atoms with Crippen LogP contribution in [0.2, 0.25) is 5.02 Å². The van der Waals surface area contributed by atoms with Crippen LogP contribution in [0.25, 0.3) is 0 Å². The lowest BCUT2D eigenvalue weighted by atomic mass is 10.3. The van der Waals surface area contributed by atoms with Crippen LogP contribution in [0, 0.1) is 0 Å². The van der Waals surface area contributed by atoms with E-state index in [1.165, 1.54) is 18.2 Å². The first-order chi connectivity index (χ1) is 8.24. The zero-order valence-corrected chi connectivity index (χ0v) is 12.2. The molecule has 0 heterocycles. The molecule has 0 amide bonds. The highest BCUT2D eigenvalue weighted by atomic mass is 35.5. The normalized spacial score (nSPS) is 13.8. The number of nitrogens with two attached hydrogens (primary N) is 1. The van der Waals surface area contributed by atoms with Crippen molar-refractivity contribution in [2.45, 2.75) is 17.9 Å². The van der Waals surface area contributed by atoms with E-state index in [1.807, 2.05) is 25.9 Å². The number of anilines is 1. The zero-order chi connectivity index (χ0) is 13.9. The monoisotopic (exact) mass is 291 g/mol. The maximum absolute atomic E-state index is 12.0. The quantitative estimate of drug-likeness (QED) is 0.798. The fourth-order valence-electron chi connectivity index (χ4n) is 1.19. The van der Waals surface area contributed by atoms with Gasteiger partial charge in [0.05, 0.1) is 15.6 Å². The molecule has 0 bridgehead atoms. The van der Waals surface area contributed by atoms with Crippen LogP contribution in [-0.2, 0) is 10.0 Å². The van der Waals surface area contributed by atoms with Crippen molar-refractivity contribution in [2.24, 2.45) is 0 Å². The molecule has 7 heteroatoms. The molecule has 0 aliphatic rings. The van der Waals surface area contributed by atoms with Gasteiger partial charge in [-0.25, -0.2) is 13.1 Å². The molecule has 1 atom stereocenters. The molecule has 0 aromatic heterocycles. The van der Waals surface area contributed by atoms with E-state index in [0.717, 1.165) is 0 Å². The summed E-state index contributed by atoms with van der Waals surface area (Å²) in [6, 6.07) is 4.36. The van der Waals surface area contributed by atoms with Gasteiger partial charge in [0, 0.05) is 12.6 Å². The lowest BCUT2D eigenvalue weighted by Gasteiger charge is -2.20. The third-order valence-corrected chi connectivity index (χ3v) is 4.49. The van der Waals surface area contributed by atoms with Gasteiger partial charge in [-0.2, -0.15) is 0 Å². The van der Waals surface area contributed by atoms with E-state index < -0.39 is 10.0 Å². The molecular formula is C11H18ClN3O2S. The van der Waals surface area contributed by atoms with Crippen molar-refractivity contribution < 1.29 is 8.42 Å². The lowest BCUT2D eigenvalue weighted by molar-refractivity contribution is 0.314. The second-order valence-corrected chi connectivity index (χ2v) is 6.52. The van der Waals surface area contributed by atoms with Gasteiger partial charge in [0.25, 0.3) is 0 Å². The number of likely N-dealkylation sites (N-methyl/N-ethyl adjacent to an activating group) is 1. The zero-order valence-electron chi connectivity index (χ0n) is 10.6. The molecular weight excluding hydrogens is 274 g/mol. The van der Waals surface area contributed by atoms with Crippen LogP contribution < -0.4 is 10.5 Å². The van der Waals surface area contributed by atoms with Crippen molar-refractivity contribution in [2.75, 3.05) is 26.4 Å². The predicted octanol–water partition coefficient (Wildman–Crippen LogP) is 1.15. The largest absolute Gasteiger partial charge is 0.397 e. The molecule has 1 aromatic carbocycles. The van der Waals surface area contributed by atoms with Crippen molar-refractivity contribution in [3.8, 4) is 0 Å². The summed E-state index contributed by atoms with van der Waals surface area (Å²) in [5.74, 6) is 0. The third kappa shape index (κ3) is 3.84. The summed E-state index contributed by atoms with van der Waals surface area (Å²) in [7, 11) is 0.233. The van der Waals surface area contributed by atoms with Crippen molar-refractivity contribution in [3.05, 3.63) is 23.2 Å². The van der Waals surface area contributed by atoms with Gasteiger partial charge in [0.1, 0.15) is 0 Å². The van der Waals surface area contributed by atoms with E-state index in [4.69, 9.17) is 17.3 Å². The number of rotatable bonds is 5. The van der Waals surface area contributed by atoms with E-state index >= 15 is 0 Å². The Morgan fingerprint density at radius 2 is 2.06 bits per heavy atom. The third-order valence-electron chi connectivity index (χ3n) is 2.73. The standard InChI is InChI=1S/C11H18ClN3O2S/c1-8(15(2)3)7-14-18(16,17)9-4-5-10(12)11(13)6-9/h4-6,8,14H,7,13H2,1-3H3. The van der Waals surface area contributed by atoms with E-state index in [1.54, 1.807) is 0 Å². The summed E-state index contributed by atoms with van der Waals surface area (Å²) >= 11 is 5.75. The van der Waals surface area contributed by atoms with E-state index in [-0.39, 0.29) is 16.6 Å². The van der Waals surface area contributed by atoms with Gasteiger partial charge in [-0.1, -0.05) is 11.6 Å². The Hall–Kier alpha value is -0.820. The summed E-state index contributed by atoms with van der Waals surface area (Å²) in [5.41, 5.74) is 5.84. The number of nitrogens with zero attached hydrogens (tertiary/aromatic N) is 1. The number of sulfonamides is 1. The summed E-state index contributed by atoms with van der Waals surface area (Å²) in [5, 5.41) is 0.343. The van der Waals surface area contributed by atoms with Crippen LogP contribution in [0.1, 0.15) is 6.92 Å². The molecule has 0 saturated heterocycles. The highest BCUT2D eigenvalue weighted by molar-refractivity contribution is 7.89. The van der Waals surface area contributed by atoms with Gasteiger partial charge in [-0.3, -0.25) is 0 Å². The van der Waals surface area contributed by atoms with Crippen LogP contribution in [0.5, 0.6) is 0 Å². The summed E-state index contributed by atoms with van der Waals surface area (Å²) in [4.78, 5) is 2.05. The van der Waals surface area contributed by atoms with Gasteiger partial charge in [-0.15, -0.1) is 0 Å². The molecule has 102 valence electrons. The van der Waals surface area contributed by atoms with Gasteiger partial charge in [-0.05, 0) is 39.2 Å². The molecule has 0 fully saturated rings. The van der Waals surface area contributed by atoms with Crippen molar-refractivity contribution in [1.82, 2.24) is 9.62 Å². The Bertz CT molecular complexity index is 517. The Morgan fingerprint density at radius 1 is 1.44 bits per heavy atom. The van der Waals surface area contributed by atoms with Gasteiger partial charge in [0.15, 0.2) is 0 Å². The van der Waals surface area contributed by atoms with Crippen molar-refractivity contribution >= 4 is 27.3 Å². The van der Waals surface area contributed by atoms with Crippen LogP contribution in [-0.4, -0.2) is 40.0 Å². The summed E-state index contributed by atoms with van der Waals surface area (Å²) in [6.07, 6.45) is 0. The molecule has 1 aromatic rings. The Kier molecular flexibility index (Phi) is 4.98. The fraction of sp³-hybridized carbons (Fsp3) is 0.455. The van der Waals surface area contributed by atoms with E-state index in [0.29, 0.717) is 11.6 Å². The van der Waals surface area contributed by atoms with Gasteiger partial charge < -0.3 is 10.6 Å². The molecule has 0 aliphatic heterocycles. The summed E-state index contributed by atoms with van der Waals surface area (Å²) < 4.78 is 26.5. The fourth-order valence-corrected chi connectivity index (χ4v) is 2.46. The first-order valence-corrected chi connectivity index (χ1v) is 7.31. The first kappa shape index (κ1) is 15.2. The Labute approximate surface area is 113 Å². The summed E-state index contributed by atoms with van der Waals surface area (Å²) in [6.45, 7) is 2.26. The maximum Gasteiger partial charge on any atom is 0.240 e. The van der Waals surface area contributed by atoms with E-state index in [2.05, 4.69) is 4.72 Å². The lowest BCUT2D eigenvalue weighted by Crippen LogP contribution is -2.38. The Morgan fingerprint density at radius 3 is 2.56 bits per heavy atom. The number of hydrogen-bond acceptors (Lipinski definition) is 4. The number of nitrogens with one attached hydrogen (secondary N) is 1. The topological polar surface area (TPSA) is 75.4 Å². The van der Waals surface area contributed by atoms with Gasteiger partial charge >= 0.3 is 0 Å². The highest BCUT2D eigenvalue weighted by Gasteiger charge is 2.16. The molecule has 1 rings (SSSR count). The molecule has 1 unspecified atom stereocenters.